The minimum atomic E-state index is -0.00377. The highest BCUT2D eigenvalue weighted by molar-refractivity contribution is 5.69. The Kier molecular flexibility index (Phi) is 4.43. The lowest BCUT2D eigenvalue weighted by Crippen LogP contribution is -2.49. The molecule has 1 aliphatic heterocycles. The quantitative estimate of drug-likeness (QED) is 0.768. The molecule has 0 aromatic rings. The standard InChI is InChI=1S/C14H25NO2/c1-3-17-14(16)9-11-7-10(2)8-13-12(11)5-4-6-15-13/h10-13,15H,3-9H2,1-2H3/t10-,11-,12-,13+/m1/s1. The smallest absolute Gasteiger partial charge is 0.306 e. The summed E-state index contributed by atoms with van der Waals surface area (Å²) in [5.41, 5.74) is 0. The Hall–Kier alpha value is -0.570. The summed E-state index contributed by atoms with van der Waals surface area (Å²) >= 11 is 0. The zero-order valence-electron chi connectivity index (χ0n) is 11.1. The number of carbonyl (C=O) groups excluding carboxylic acids is 1. The minimum Gasteiger partial charge on any atom is -0.466 e. The van der Waals surface area contributed by atoms with E-state index in [9.17, 15) is 4.79 Å². The molecule has 2 aliphatic rings. The number of esters is 1. The molecule has 17 heavy (non-hydrogen) atoms. The molecule has 1 aliphatic carbocycles. The predicted octanol–water partition coefficient (Wildman–Crippen LogP) is 2.35. The van der Waals surface area contributed by atoms with Crippen LogP contribution in [0.1, 0.15) is 46.0 Å². The van der Waals surface area contributed by atoms with E-state index in [1.165, 1.54) is 25.7 Å². The average molecular weight is 239 g/mol. The van der Waals surface area contributed by atoms with Crippen LogP contribution < -0.4 is 5.32 Å². The SMILES string of the molecule is CCOC(=O)C[C@H]1C[C@@H](C)C[C@@H]2NCCC[C@H]12. The van der Waals surface area contributed by atoms with Crippen LogP contribution in [0.3, 0.4) is 0 Å². The predicted molar refractivity (Wildman–Crippen MR) is 67.7 cm³/mol. The van der Waals surface area contributed by atoms with Crippen LogP contribution >= 0.6 is 0 Å². The minimum absolute atomic E-state index is 0.00377. The first-order chi connectivity index (χ1) is 8.20. The number of hydrogen-bond donors (Lipinski definition) is 1. The Balaban J connectivity index is 1.95. The molecule has 1 heterocycles. The van der Waals surface area contributed by atoms with Gasteiger partial charge in [-0.25, -0.2) is 0 Å². The summed E-state index contributed by atoms with van der Waals surface area (Å²) in [5, 5.41) is 3.63. The first-order valence-corrected chi connectivity index (χ1v) is 7.09. The molecule has 3 heteroatoms. The molecular weight excluding hydrogens is 214 g/mol. The lowest BCUT2D eigenvalue weighted by molar-refractivity contribution is -0.145. The lowest BCUT2D eigenvalue weighted by atomic mass is 9.67. The summed E-state index contributed by atoms with van der Waals surface area (Å²) in [6, 6.07) is 0.645. The number of piperidine rings is 1. The van der Waals surface area contributed by atoms with Gasteiger partial charge in [-0.05, 0) is 56.9 Å². The summed E-state index contributed by atoms with van der Waals surface area (Å²) < 4.78 is 5.10. The zero-order chi connectivity index (χ0) is 12.3. The number of fused-ring (bicyclic) bond motifs is 1. The molecule has 4 atom stereocenters. The largest absolute Gasteiger partial charge is 0.466 e. The fourth-order valence-corrected chi connectivity index (χ4v) is 3.69. The van der Waals surface area contributed by atoms with Gasteiger partial charge in [0.1, 0.15) is 0 Å². The van der Waals surface area contributed by atoms with Gasteiger partial charge in [0.25, 0.3) is 0 Å². The van der Waals surface area contributed by atoms with Gasteiger partial charge in [0, 0.05) is 12.5 Å². The van der Waals surface area contributed by atoms with Gasteiger partial charge in [-0.2, -0.15) is 0 Å². The topological polar surface area (TPSA) is 38.3 Å². The van der Waals surface area contributed by atoms with Gasteiger partial charge >= 0.3 is 5.97 Å². The first-order valence-electron chi connectivity index (χ1n) is 7.09. The molecule has 1 saturated carbocycles. The van der Waals surface area contributed by atoms with Gasteiger partial charge in [0.2, 0.25) is 0 Å². The second kappa shape index (κ2) is 5.85. The molecule has 1 saturated heterocycles. The van der Waals surface area contributed by atoms with Crippen LogP contribution in [0.4, 0.5) is 0 Å². The van der Waals surface area contributed by atoms with Crippen molar-refractivity contribution in [3.63, 3.8) is 0 Å². The maximum Gasteiger partial charge on any atom is 0.306 e. The van der Waals surface area contributed by atoms with E-state index >= 15 is 0 Å². The van der Waals surface area contributed by atoms with Crippen molar-refractivity contribution in [1.29, 1.82) is 0 Å². The van der Waals surface area contributed by atoms with Gasteiger partial charge in [0.15, 0.2) is 0 Å². The summed E-state index contributed by atoms with van der Waals surface area (Å²) in [6.07, 6.45) is 5.65. The van der Waals surface area contributed by atoms with Crippen molar-refractivity contribution in [2.75, 3.05) is 13.2 Å². The second-order valence-corrected chi connectivity index (χ2v) is 5.71. The molecule has 0 radical (unpaired) electrons. The average Bonchev–Trinajstić information content (AvgIpc) is 2.29. The Bertz CT molecular complexity index is 267. The van der Waals surface area contributed by atoms with Crippen LogP contribution in [-0.2, 0) is 9.53 Å². The van der Waals surface area contributed by atoms with Crippen molar-refractivity contribution in [2.45, 2.75) is 52.0 Å². The zero-order valence-corrected chi connectivity index (χ0v) is 11.1. The third-order valence-electron chi connectivity index (χ3n) is 4.34. The fraction of sp³-hybridized carbons (Fsp3) is 0.929. The van der Waals surface area contributed by atoms with Crippen molar-refractivity contribution in [1.82, 2.24) is 5.32 Å². The summed E-state index contributed by atoms with van der Waals surface area (Å²) in [5.74, 6) is 1.97. The molecule has 0 amide bonds. The molecule has 0 aromatic heterocycles. The van der Waals surface area contributed by atoms with Gasteiger partial charge in [-0.1, -0.05) is 6.92 Å². The van der Waals surface area contributed by atoms with Crippen LogP contribution in [0.15, 0.2) is 0 Å². The van der Waals surface area contributed by atoms with E-state index in [2.05, 4.69) is 12.2 Å². The highest BCUT2D eigenvalue weighted by Crippen LogP contribution is 2.40. The molecular formula is C14H25NO2. The number of carbonyl (C=O) groups is 1. The number of rotatable bonds is 3. The van der Waals surface area contributed by atoms with E-state index in [1.54, 1.807) is 0 Å². The van der Waals surface area contributed by atoms with Gasteiger partial charge < -0.3 is 10.1 Å². The molecule has 3 nitrogen and oxygen atoms in total. The van der Waals surface area contributed by atoms with Crippen molar-refractivity contribution >= 4 is 5.97 Å². The van der Waals surface area contributed by atoms with Crippen LogP contribution in [-0.4, -0.2) is 25.2 Å². The number of hydrogen-bond acceptors (Lipinski definition) is 3. The Morgan fingerprint density at radius 1 is 1.41 bits per heavy atom. The maximum atomic E-state index is 11.6. The van der Waals surface area contributed by atoms with Crippen molar-refractivity contribution < 1.29 is 9.53 Å². The highest BCUT2D eigenvalue weighted by Gasteiger charge is 2.38. The van der Waals surface area contributed by atoms with E-state index in [0.29, 0.717) is 30.9 Å². The normalized spacial score (nSPS) is 37.3. The molecule has 0 unspecified atom stereocenters. The van der Waals surface area contributed by atoms with Crippen LogP contribution in [0, 0.1) is 17.8 Å². The Labute approximate surface area is 104 Å². The molecule has 1 N–H and O–H groups in total. The van der Waals surface area contributed by atoms with Gasteiger partial charge in [-0.15, -0.1) is 0 Å². The molecule has 2 fully saturated rings. The number of nitrogens with one attached hydrogen (secondary N) is 1. The maximum absolute atomic E-state index is 11.6. The van der Waals surface area contributed by atoms with Crippen LogP contribution in [0.25, 0.3) is 0 Å². The highest BCUT2D eigenvalue weighted by atomic mass is 16.5. The molecule has 2 rings (SSSR count). The van der Waals surface area contributed by atoms with Crippen molar-refractivity contribution in [3.05, 3.63) is 0 Å². The van der Waals surface area contributed by atoms with Crippen LogP contribution in [0.5, 0.6) is 0 Å². The second-order valence-electron chi connectivity index (χ2n) is 5.71. The third kappa shape index (κ3) is 3.21. The van der Waals surface area contributed by atoms with Crippen molar-refractivity contribution in [2.24, 2.45) is 17.8 Å². The van der Waals surface area contributed by atoms with Crippen LogP contribution in [0.2, 0.25) is 0 Å². The fourth-order valence-electron chi connectivity index (χ4n) is 3.69. The van der Waals surface area contributed by atoms with E-state index < -0.39 is 0 Å². The van der Waals surface area contributed by atoms with Gasteiger partial charge in [-0.3, -0.25) is 4.79 Å². The van der Waals surface area contributed by atoms with Gasteiger partial charge in [0.05, 0.1) is 6.61 Å². The molecule has 98 valence electrons. The number of ether oxygens (including phenoxy) is 1. The van der Waals surface area contributed by atoms with E-state index in [1.807, 2.05) is 6.92 Å². The summed E-state index contributed by atoms with van der Waals surface area (Å²) in [4.78, 5) is 11.6. The summed E-state index contributed by atoms with van der Waals surface area (Å²) in [6.45, 7) is 5.85. The molecule has 0 bridgehead atoms. The van der Waals surface area contributed by atoms with E-state index in [-0.39, 0.29) is 5.97 Å². The monoisotopic (exact) mass is 239 g/mol. The lowest BCUT2D eigenvalue weighted by Gasteiger charge is -2.44. The molecule has 0 spiro atoms. The van der Waals surface area contributed by atoms with Crippen molar-refractivity contribution in [3.8, 4) is 0 Å². The van der Waals surface area contributed by atoms with E-state index in [0.717, 1.165) is 12.5 Å². The first kappa shape index (κ1) is 12.9. The summed E-state index contributed by atoms with van der Waals surface area (Å²) in [7, 11) is 0. The molecule has 0 aromatic carbocycles. The Morgan fingerprint density at radius 2 is 2.24 bits per heavy atom. The third-order valence-corrected chi connectivity index (χ3v) is 4.34. The Morgan fingerprint density at radius 3 is 3.00 bits per heavy atom. The van der Waals surface area contributed by atoms with E-state index in [4.69, 9.17) is 4.74 Å².